The van der Waals surface area contributed by atoms with E-state index in [0.717, 1.165) is 43.4 Å². The molecule has 2 unspecified atom stereocenters. The molecule has 1 aliphatic rings. The van der Waals surface area contributed by atoms with Crippen molar-refractivity contribution < 1.29 is 9.47 Å². The van der Waals surface area contributed by atoms with Gasteiger partial charge >= 0.3 is 0 Å². The number of halogens is 2. The van der Waals surface area contributed by atoms with E-state index in [9.17, 15) is 0 Å². The van der Waals surface area contributed by atoms with E-state index in [0.29, 0.717) is 31.8 Å². The molecule has 148 valence electrons. The van der Waals surface area contributed by atoms with Gasteiger partial charge in [0.2, 0.25) is 0 Å². The highest BCUT2D eigenvalue weighted by Gasteiger charge is 2.39. The molecule has 1 aromatic rings. The first kappa shape index (κ1) is 23.5. The fourth-order valence-electron chi connectivity index (χ4n) is 2.64. The maximum Gasteiger partial charge on any atom is 0.191 e. The third kappa shape index (κ3) is 8.88. The molecule has 1 aliphatic carbocycles. The van der Waals surface area contributed by atoms with Crippen molar-refractivity contribution in [2.45, 2.75) is 38.1 Å². The Morgan fingerprint density at radius 3 is 2.69 bits per heavy atom. The largest absolute Gasteiger partial charge is 0.379 e. The summed E-state index contributed by atoms with van der Waals surface area (Å²) in [5, 5.41) is 7.52. The maximum atomic E-state index is 6.06. The lowest BCUT2D eigenvalue weighted by Gasteiger charge is -2.12. The van der Waals surface area contributed by atoms with Crippen molar-refractivity contribution in [3.8, 4) is 0 Å². The van der Waals surface area contributed by atoms with Gasteiger partial charge in [0, 0.05) is 37.2 Å². The molecule has 1 fully saturated rings. The summed E-state index contributed by atoms with van der Waals surface area (Å²) in [6.45, 7) is 5.64. The number of ether oxygens (including phenoxy) is 2. The van der Waals surface area contributed by atoms with Crippen molar-refractivity contribution in [3.63, 3.8) is 0 Å². The van der Waals surface area contributed by atoms with Gasteiger partial charge in [-0.2, -0.15) is 0 Å². The Labute approximate surface area is 179 Å². The number of guanidine groups is 1. The lowest BCUT2D eigenvalue weighted by atomic mass is 10.1. The summed E-state index contributed by atoms with van der Waals surface area (Å²) in [7, 11) is 1.79. The van der Waals surface area contributed by atoms with Crippen molar-refractivity contribution in [2.24, 2.45) is 4.99 Å². The number of aliphatic imine (C=N–C) groups is 1. The topological polar surface area (TPSA) is 54.9 Å². The minimum Gasteiger partial charge on any atom is -0.379 e. The monoisotopic (exact) mass is 495 g/mol. The van der Waals surface area contributed by atoms with Crippen LogP contribution in [0.1, 0.15) is 37.7 Å². The second kappa shape index (κ2) is 13.6. The summed E-state index contributed by atoms with van der Waals surface area (Å²) < 4.78 is 11.0. The first-order chi connectivity index (χ1) is 12.2. The van der Waals surface area contributed by atoms with Crippen LogP contribution in [0.15, 0.2) is 29.3 Å². The number of nitrogens with zero attached hydrogens (tertiary/aromatic N) is 1. The Balaban J connectivity index is 0.00000338. The number of nitrogens with one attached hydrogen (secondary N) is 2. The standard InChI is InChI=1S/C19H30ClN3O2.HI/c1-3-4-9-24-11-12-25-10-8-22-19(21-2)23-18-14-17(18)15-6-5-7-16(20)13-15;/h5-7,13,17-18H,3-4,8-12,14H2,1-2H3,(H2,21,22,23);1H. The van der Waals surface area contributed by atoms with E-state index in [1.54, 1.807) is 7.05 Å². The molecule has 0 radical (unpaired) electrons. The third-order valence-corrected chi connectivity index (χ3v) is 4.40. The molecule has 0 aliphatic heterocycles. The van der Waals surface area contributed by atoms with Crippen LogP contribution in [0.4, 0.5) is 0 Å². The molecule has 0 heterocycles. The second-order valence-electron chi connectivity index (χ2n) is 6.23. The zero-order valence-corrected chi connectivity index (χ0v) is 18.8. The Hall–Kier alpha value is -0.570. The molecule has 2 atom stereocenters. The van der Waals surface area contributed by atoms with Crippen molar-refractivity contribution in [3.05, 3.63) is 34.9 Å². The summed E-state index contributed by atoms with van der Waals surface area (Å²) in [5.74, 6) is 1.33. The highest BCUT2D eigenvalue weighted by molar-refractivity contribution is 14.0. The lowest BCUT2D eigenvalue weighted by Crippen LogP contribution is -2.40. The number of unbranched alkanes of at least 4 members (excludes halogenated alkanes) is 1. The Kier molecular flexibility index (Phi) is 12.3. The van der Waals surface area contributed by atoms with Crippen molar-refractivity contribution in [1.82, 2.24) is 10.6 Å². The quantitative estimate of drug-likeness (QED) is 0.212. The van der Waals surface area contributed by atoms with Gasteiger partial charge in [-0.1, -0.05) is 37.1 Å². The van der Waals surface area contributed by atoms with Crippen LogP contribution in [0.3, 0.4) is 0 Å². The van der Waals surface area contributed by atoms with Crippen LogP contribution >= 0.6 is 35.6 Å². The summed E-state index contributed by atoms with van der Waals surface area (Å²) in [4.78, 5) is 4.27. The van der Waals surface area contributed by atoms with E-state index in [1.807, 2.05) is 18.2 Å². The van der Waals surface area contributed by atoms with Gasteiger partial charge in [0.05, 0.1) is 19.8 Å². The van der Waals surface area contributed by atoms with Crippen LogP contribution < -0.4 is 10.6 Å². The zero-order chi connectivity index (χ0) is 17.9. The molecule has 0 bridgehead atoms. The van der Waals surface area contributed by atoms with Crippen molar-refractivity contribution >= 4 is 41.5 Å². The van der Waals surface area contributed by atoms with Gasteiger partial charge in [0.1, 0.15) is 0 Å². The summed E-state index contributed by atoms with van der Waals surface area (Å²) in [6, 6.07) is 8.50. The number of hydrogen-bond acceptors (Lipinski definition) is 3. The molecule has 2 rings (SSSR count). The molecule has 0 saturated heterocycles. The normalized spacial score (nSPS) is 19.0. The average Bonchev–Trinajstić information content (AvgIpc) is 3.38. The number of benzene rings is 1. The van der Waals surface area contributed by atoms with E-state index in [2.05, 4.69) is 28.6 Å². The fraction of sp³-hybridized carbons (Fsp3) is 0.632. The van der Waals surface area contributed by atoms with E-state index in [-0.39, 0.29) is 24.0 Å². The predicted molar refractivity (Wildman–Crippen MR) is 119 cm³/mol. The Morgan fingerprint density at radius 1 is 1.23 bits per heavy atom. The van der Waals surface area contributed by atoms with Crippen LogP contribution in [0, 0.1) is 0 Å². The highest BCUT2D eigenvalue weighted by Crippen LogP contribution is 2.41. The summed E-state index contributed by atoms with van der Waals surface area (Å²) in [6.07, 6.45) is 3.38. The van der Waals surface area contributed by atoms with Crippen LogP contribution in [-0.4, -0.2) is 52.0 Å². The molecular weight excluding hydrogens is 465 g/mol. The van der Waals surface area contributed by atoms with Gasteiger partial charge in [-0.3, -0.25) is 4.99 Å². The minimum absolute atomic E-state index is 0. The average molecular weight is 496 g/mol. The van der Waals surface area contributed by atoms with Gasteiger partial charge < -0.3 is 20.1 Å². The van der Waals surface area contributed by atoms with Crippen molar-refractivity contribution in [2.75, 3.05) is 40.0 Å². The van der Waals surface area contributed by atoms with Gasteiger partial charge in [0.15, 0.2) is 5.96 Å². The fourth-order valence-corrected chi connectivity index (χ4v) is 2.84. The molecule has 0 aromatic heterocycles. The molecule has 2 N–H and O–H groups in total. The zero-order valence-electron chi connectivity index (χ0n) is 15.7. The van der Waals surface area contributed by atoms with Crippen molar-refractivity contribution in [1.29, 1.82) is 0 Å². The van der Waals surface area contributed by atoms with Gasteiger partial charge in [0.25, 0.3) is 0 Å². The molecular formula is C19H31ClIN3O2. The summed E-state index contributed by atoms with van der Waals surface area (Å²) >= 11 is 6.06. The Bertz CT molecular complexity index is 545. The predicted octanol–water partition coefficient (Wildman–Crippen LogP) is 3.81. The summed E-state index contributed by atoms with van der Waals surface area (Å²) in [5.41, 5.74) is 1.28. The van der Waals surface area contributed by atoms with E-state index >= 15 is 0 Å². The molecule has 0 amide bonds. The van der Waals surface area contributed by atoms with Crippen LogP contribution in [-0.2, 0) is 9.47 Å². The van der Waals surface area contributed by atoms with E-state index in [1.165, 1.54) is 5.56 Å². The van der Waals surface area contributed by atoms with Crippen LogP contribution in [0.25, 0.3) is 0 Å². The number of rotatable bonds is 11. The van der Waals surface area contributed by atoms with E-state index in [4.69, 9.17) is 21.1 Å². The first-order valence-electron chi connectivity index (χ1n) is 9.12. The van der Waals surface area contributed by atoms with Gasteiger partial charge in [-0.15, -0.1) is 24.0 Å². The number of hydrogen-bond donors (Lipinski definition) is 2. The third-order valence-electron chi connectivity index (χ3n) is 4.17. The van der Waals surface area contributed by atoms with E-state index < -0.39 is 0 Å². The molecule has 1 aromatic carbocycles. The SMILES string of the molecule is CCCCOCCOCCNC(=NC)NC1CC1c1cccc(Cl)c1.I. The smallest absolute Gasteiger partial charge is 0.191 e. The first-order valence-corrected chi connectivity index (χ1v) is 9.50. The van der Waals surface area contributed by atoms with Gasteiger partial charge in [-0.25, -0.2) is 0 Å². The lowest BCUT2D eigenvalue weighted by molar-refractivity contribution is 0.0487. The maximum absolute atomic E-state index is 6.06. The molecule has 1 saturated carbocycles. The Morgan fingerprint density at radius 2 is 2.00 bits per heavy atom. The highest BCUT2D eigenvalue weighted by atomic mass is 127. The minimum atomic E-state index is 0. The van der Waals surface area contributed by atoms with Crippen LogP contribution in [0.5, 0.6) is 0 Å². The molecule has 26 heavy (non-hydrogen) atoms. The second-order valence-corrected chi connectivity index (χ2v) is 6.66. The van der Waals surface area contributed by atoms with Crippen LogP contribution in [0.2, 0.25) is 5.02 Å². The molecule has 0 spiro atoms. The molecule has 7 heteroatoms. The molecule has 5 nitrogen and oxygen atoms in total. The van der Waals surface area contributed by atoms with Gasteiger partial charge in [-0.05, 0) is 30.5 Å².